The Morgan fingerprint density at radius 2 is 0.641 bits per heavy atom. The van der Waals surface area contributed by atoms with Crippen molar-refractivity contribution in [2.75, 3.05) is 63.1 Å². The SMILES string of the molecule is CC[C@H]1O[C@@H](n2cc(C)c(=O)[nH]c2=O)C[C@H]1OP(O)(=S)OC[C@H]1O[C@@H](n2cc(C)c(=O)[nH]c2=O)C[C@H]1OP(O)(=S)OC[C@H]1O[C@@H](n2cnc3c(=O)[nH]c(N)nc32)C[C@H]1OP(O)(=S)OC[C@H]1O[C@@H](n2cnc3c(=O)[nH]c(N)nc32)C[C@H]1OP(O)(=S)OC[C@H]1O[C@@H](n2cnc3c(N)ncnc32)C[C@H]1OP(O)(=S)OC[C@H]1O[C@@H](n2cnc3c(N)ncnc32)C[C@H]1OP(O)(=S)OC. The zero-order chi connectivity index (χ0) is 91.2. The maximum absolute atomic E-state index is 13.4. The molecule has 6 unspecified atom stereocenters. The summed E-state index contributed by atoms with van der Waals surface area (Å²) < 4.78 is 118. The van der Waals surface area contributed by atoms with Crippen molar-refractivity contribution in [3.8, 4) is 0 Å². The first-order valence-electron chi connectivity index (χ1n) is 38.3. The molecule has 128 heavy (non-hydrogen) atoms. The lowest BCUT2D eigenvalue weighted by molar-refractivity contribution is -0.0559. The van der Waals surface area contributed by atoms with E-state index in [0.717, 1.165) is 11.7 Å². The lowest BCUT2D eigenvalue weighted by atomic mass is 10.1. The van der Waals surface area contributed by atoms with Gasteiger partial charge in [-0.05, 0) is 91.1 Å². The second kappa shape index (κ2) is 37.6. The van der Waals surface area contributed by atoms with Crippen molar-refractivity contribution in [1.82, 2.24) is 97.2 Å². The summed E-state index contributed by atoms with van der Waals surface area (Å²) in [5.74, 6) is -0.483. The van der Waals surface area contributed by atoms with Crippen molar-refractivity contribution >= 4 is 179 Å². The molecule has 0 amide bonds. The number of anilines is 4. The van der Waals surface area contributed by atoms with E-state index in [2.05, 4.69) is 69.8 Å². The van der Waals surface area contributed by atoms with Gasteiger partial charge in [-0.25, -0.2) is 49.5 Å². The van der Waals surface area contributed by atoms with Gasteiger partial charge in [0.05, 0.1) is 101 Å². The minimum atomic E-state index is -4.70. The minimum Gasteiger partial charge on any atom is -0.382 e. The third-order valence-corrected chi connectivity index (χ3v) is 30.8. The van der Waals surface area contributed by atoms with E-state index in [1.807, 2.05) is 0 Å². The van der Waals surface area contributed by atoms with Crippen molar-refractivity contribution in [3.05, 3.63) is 124 Å². The molecule has 694 valence electrons. The maximum atomic E-state index is 13.4. The van der Waals surface area contributed by atoms with Gasteiger partial charge >= 0.3 is 51.7 Å². The minimum absolute atomic E-state index is 0.00769. The van der Waals surface area contributed by atoms with Crippen LogP contribution in [0.15, 0.2) is 79.1 Å². The number of H-pyrrole nitrogens is 4. The lowest BCUT2D eigenvalue weighted by Gasteiger charge is -2.28. The van der Waals surface area contributed by atoms with Crippen LogP contribution in [0.4, 0.5) is 23.5 Å². The molecule has 66 heteroatoms. The Labute approximate surface area is 747 Å². The van der Waals surface area contributed by atoms with E-state index < -0.39 is 218 Å². The lowest BCUT2D eigenvalue weighted by Crippen LogP contribution is -2.33. The second-order valence-electron chi connectivity index (χ2n) is 29.6. The Bertz CT molecular complexity index is 6610. The fourth-order valence-corrected chi connectivity index (χ4v) is 23.5. The van der Waals surface area contributed by atoms with Gasteiger partial charge in [0, 0.05) is 69.2 Å². The van der Waals surface area contributed by atoms with Crippen LogP contribution in [0.5, 0.6) is 0 Å². The number of nitrogen functional groups attached to an aromatic ring is 4. The number of nitrogens with two attached hydrogens (primary N) is 4. The number of hydrogen-bond acceptors (Lipinski definition) is 44. The van der Waals surface area contributed by atoms with Crippen LogP contribution >= 0.6 is 40.3 Å². The van der Waals surface area contributed by atoms with Gasteiger partial charge in [-0.2, -0.15) is 9.97 Å². The first kappa shape index (κ1) is 94.5. The number of nitrogens with zero attached hydrogens (tertiary/aromatic N) is 16. The zero-order valence-electron chi connectivity index (χ0n) is 66.6. The summed E-state index contributed by atoms with van der Waals surface area (Å²) in [7, 11) is 1.16. The molecule has 6 aliphatic rings. The number of imidazole rings is 4. The topological polar surface area (TPSA) is 716 Å². The Balaban J connectivity index is 0.622. The first-order valence-corrected chi connectivity index (χ1v) is 53.8. The van der Waals surface area contributed by atoms with E-state index in [9.17, 15) is 58.1 Å². The molecule has 10 aromatic heterocycles. The Hall–Kier alpha value is -6.70. The van der Waals surface area contributed by atoms with Crippen LogP contribution in [-0.2, 0) is 154 Å². The van der Waals surface area contributed by atoms with Crippen molar-refractivity contribution in [2.45, 2.75) is 176 Å². The van der Waals surface area contributed by atoms with E-state index >= 15 is 0 Å². The largest absolute Gasteiger partial charge is 0.382 e. The number of hydrogen-bond donors (Lipinski definition) is 14. The van der Waals surface area contributed by atoms with Crippen LogP contribution in [0.25, 0.3) is 44.7 Å². The summed E-state index contributed by atoms with van der Waals surface area (Å²) in [4.78, 5) is 200. The fourth-order valence-electron chi connectivity index (χ4n) is 15.1. The normalized spacial score (nSPS) is 29.1. The molecule has 24 atom stereocenters. The quantitative estimate of drug-likeness (QED) is 0.0240. The molecule has 6 fully saturated rings. The van der Waals surface area contributed by atoms with E-state index in [4.69, 9.17) is 176 Å². The van der Waals surface area contributed by atoms with Crippen molar-refractivity contribution in [1.29, 1.82) is 0 Å². The highest BCUT2D eigenvalue weighted by Gasteiger charge is 2.51. The smallest absolute Gasteiger partial charge is 0.330 e. The zero-order valence-corrected chi connectivity index (χ0v) is 76.8. The number of nitrogens with one attached hydrogen (secondary N) is 4. The first-order chi connectivity index (χ1) is 60.5. The standard InChI is InChI=1S/C62H80N24O30P6S6/c1-5-27-28(6-39(105-27)81-12-25(2)55(87)79-61(81)91)112-118(94,124)100-15-35-30(7-40(106-35)82-13-26(3)56(88)80-62(82)92)113-119(95,125)103-17-37-32(10-43(109-37)85-23-73-47-53(85)75-59(65)77-57(47)89)116-122(98,128)104-18-38-33(11-44(110-38)86-24-74-48-54(86)76-60(66)78-58(48)90)115-121(97,127)102-16-36-31(9-42(108-36)84-22-72-46-50(64)68-20-70-52(46)84)114-120(96,126)101-14-34-29(111-117(93,123)99-4)8-41(107-34)83-21-71-45-49(63)67-19-69-51(45)83/h12-13,19-24,27-44H,5-11,14-18H2,1-4H3,(H,93,123)(H,94,124)(H,95,125)(H,96,126)(H,97,127)(H,98,128)(H2,63,67,69)(H2,64,68,70)(H,79,87,91)(H,80,88,92)(H3,65,75,77,89)(H3,66,76,78,90)/t27-,28-,29-,30-,31-,32-,33-,34-,35-,36-,37-,38-,39-,40-,41-,42-,43-,44-,117?,118?,119?,120?,121?,122?/m1/s1. The third-order valence-electron chi connectivity index (χ3n) is 21.2. The monoisotopic (exact) mass is 2020 g/mol. The molecular weight excluding hydrogens is 1940 g/mol. The molecule has 0 bridgehead atoms. The average Bonchev–Trinajstić information content (AvgIpc) is 2.14. The molecule has 6 saturated heterocycles. The van der Waals surface area contributed by atoms with Crippen LogP contribution in [0.2, 0.25) is 0 Å². The predicted octanol–water partition coefficient (Wildman–Crippen LogP) is 0.455. The molecular formula is C62H80N24O30P6S6. The average molecular weight is 2020 g/mol. The predicted molar refractivity (Wildman–Crippen MR) is 463 cm³/mol. The Morgan fingerprint density at radius 3 is 0.938 bits per heavy atom. The summed E-state index contributed by atoms with van der Waals surface area (Å²) in [6.45, 7) is -25.4. The molecule has 0 aromatic carbocycles. The van der Waals surface area contributed by atoms with Gasteiger partial charge in [0.1, 0.15) is 91.6 Å². The third kappa shape index (κ3) is 21.0. The molecule has 54 nitrogen and oxygen atoms in total. The molecule has 16 heterocycles. The van der Waals surface area contributed by atoms with Crippen molar-refractivity contribution < 1.29 is 112 Å². The van der Waals surface area contributed by atoms with Crippen LogP contribution in [0, 0.1) is 13.8 Å². The Kier molecular flexibility index (Phi) is 27.8. The molecule has 6 aliphatic heterocycles. The number of aryl methyl sites for hydroxylation is 2. The van der Waals surface area contributed by atoms with Gasteiger partial charge in [0.15, 0.2) is 45.3 Å². The summed E-state index contributed by atoms with van der Waals surface area (Å²) in [6.07, 6.45) is -12.2. The van der Waals surface area contributed by atoms with Crippen LogP contribution in [-0.4, -0.2) is 240 Å². The van der Waals surface area contributed by atoms with Gasteiger partial charge in [-0.15, -0.1) is 0 Å². The molecule has 18 N–H and O–H groups in total. The summed E-state index contributed by atoms with van der Waals surface area (Å²) in [5, 5.41) is 0. The van der Waals surface area contributed by atoms with Gasteiger partial charge in [-0.3, -0.25) is 66.5 Å². The molecule has 0 radical (unpaired) electrons. The fraction of sp³-hybridized carbons (Fsp3) is 0.548. The van der Waals surface area contributed by atoms with Crippen molar-refractivity contribution in [3.63, 3.8) is 0 Å². The van der Waals surface area contributed by atoms with Crippen LogP contribution < -0.4 is 56.6 Å². The second-order valence-corrected chi connectivity index (χ2v) is 46.5. The highest BCUT2D eigenvalue weighted by atomic mass is 32.5. The molecule has 0 saturated carbocycles. The van der Waals surface area contributed by atoms with Crippen LogP contribution in [0.3, 0.4) is 0 Å². The van der Waals surface area contributed by atoms with Crippen molar-refractivity contribution in [2.24, 2.45) is 0 Å². The van der Waals surface area contributed by atoms with E-state index in [-0.39, 0.29) is 112 Å². The summed E-state index contributed by atoms with van der Waals surface area (Å²) in [6, 6.07) is 0. The molecule has 0 aliphatic carbocycles. The van der Waals surface area contributed by atoms with E-state index in [1.54, 1.807) is 11.5 Å². The number of rotatable bonds is 35. The molecule has 16 rings (SSSR count). The summed E-state index contributed by atoms with van der Waals surface area (Å²) in [5.41, 5.74) is 20.7. The molecule has 10 aromatic rings. The number of ether oxygens (including phenoxy) is 6. The highest BCUT2D eigenvalue weighted by molar-refractivity contribution is 8.08. The van der Waals surface area contributed by atoms with Gasteiger partial charge in [0.2, 0.25) is 11.9 Å². The number of aromatic amines is 4. The highest BCUT2D eigenvalue weighted by Crippen LogP contribution is 2.58. The van der Waals surface area contributed by atoms with Gasteiger partial charge < -0.3 is 135 Å². The molecule has 0 spiro atoms. The number of fused-ring (bicyclic) bond motifs is 4. The van der Waals surface area contributed by atoms with E-state index in [0.29, 0.717) is 12.1 Å². The summed E-state index contributed by atoms with van der Waals surface area (Å²) >= 11 is 33.4. The number of aromatic nitrogens is 20. The Morgan fingerprint density at radius 1 is 0.375 bits per heavy atom. The van der Waals surface area contributed by atoms with E-state index in [1.165, 1.54) is 82.5 Å². The van der Waals surface area contributed by atoms with Gasteiger partial charge in [-0.1, -0.05) is 6.92 Å². The van der Waals surface area contributed by atoms with Crippen LogP contribution in [0.1, 0.15) is 100 Å². The maximum Gasteiger partial charge on any atom is 0.330 e. The van der Waals surface area contributed by atoms with Gasteiger partial charge in [0.25, 0.3) is 22.2 Å².